The maximum atomic E-state index is 10.1. The van der Waals surface area contributed by atoms with Crippen LogP contribution in [0.4, 0.5) is 0 Å². The second-order valence-corrected chi connectivity index (χ2v) is 5.03. The molecule has 16 heavy (non-hydrogen) atoms. The van der Waals surface area contributed by atoms with Crippen LogP contribution in [0.2, 0.25) is 0 Å². The third kappa shape index (κ3) is 1.60. The number of allylic oxidation sites excluding steroid dienone is 1. The van der Waals surface area contributed by atoms with E-state index in [-0.39, 0.29) is 6.10 Å². The predicted molar refractivity (Wildman–Crippen MR) is 66.2 cm³/mol. The topological polar surface area (TPSA) is 20.2 Å². The van der Waals surface area contributed by atoms with E-state index >= 15 is 0 Å². The Kier molecular flexibility index (Phi) is 2.56. The molecule has 2 aliphatic carbocycles. The first-order valence-corrected chi connectivity index (χ1v) is 6.31. The Morgan fingerprint density at radius 1 is 1.06 bits per heavy atom. The SMILES string of the molecule is O[C@H]1CCCC[C@@H]1C1C=Cc2ccccc21. The van der Waals surface area contributed by atoms with Gasteiger partial charge in [-0.1, -0.05) is 49.3 Å². The van der Waals surface area contributed by atoms with Gasteiger partial charge in [0.2, 0.25) is 0 Å². The molecule has 3 rings (SSSR count). The minimum atomic E-state index is -0.102. The lowest BCUT2D eigenvalue weighted by molar-refractivity contribution is 0.0629. The summed E-state index contributed by atoms with van der Waals surface area (Å²) in [5, 5.41) is 10.1. The predicted octanol–water partition coefficient (Wildman–Crippen LogP) is 3.35. The van der Waals surface area contributed by atoms with Crippen LogP contribution >= 0.6 is 0 Å². The zero-order valence-electron chi connectivity index (χ0n) is 9.47. The van der Waals surface area contributed by atoms with Crippen LogP contribution in [0.3, 0.4) is 0 Å². The van der Waals surface area contributed by atoms with Crippen molar-refractivity contribution >= 4 is 6.08 Å². The number of aliphatic hydroxyl groups is 1. The molecule has 1 saturated carbocycles. The van der Waals surface area contributed by atoms with E-state index in [1.165, 1.54) is 30.4 Å². The van der Waals surface area contributed by atoms with E-state index in [1.807, 2.05) is 0 Å². The molecule has 0 aliphatic heterocycles. The normalized spacial score (nSPS) is 32.7. The molecule has 0 amide bonds. The second kappa shape index (κ2) is 4.06. The third-order valence-electron chi connectivity index (χ3n) is 4.08. The van der Waals surface area contributed by atoms with Crippen LogP contribution in [0, 0.1) is 5.92 Å². The minimum Gasteiger partial charge on any atom is -0.393 e. The maximum Gasteiger partial charge on any atom is 0.0577 e. The first kappa shape index (κ1) is 10.1. The monoisotopic (exact) mass is 214 g/mol. The molecule has 84 valence electrons. The van der Waals surface area contributed by atoms with Gasteiger partial charge in [-0.2, -0.15) is 0 Å². The Balaban J connectivity index is 1.89. The Morgan fingerprint density at radius 2 is 1.88 bits per heavy atom. The summed E-state index contributed by atoms with van der Waals surface area (Å²) in [6, 6.07) is 8.57. The van der Waals surface area contributed by atoms with E-state index < -0.39 is 0 Å². The first-order chi connectivity index (χ1) is 7.86. The van der Waals surface area contributed by atoms with Crippen LogP contribution in [0.1, 0.15) is 42.7 Å². The van der Waals surface area contributed by atoms with Gasteiger partial charge in [0.25, 0.3) is 0 Å². The fourth-order valence-electron chi connectivity index (χ4n) is 3.21. The van der Waals surface area contributed by atoms with Crippen LogP contribution in [-0.4, -0.2) is 11.2 Å². The van der Waals surface area contributed by atoms with Crippen LogP contribution in [0.25, 0.3) is 6.08 Å². The standard InChI is InChI=1S/C15H18O/c16-15-8-4-3-7-14(15)13-10-9-11-5-1-2-6-12(11)13/h1-2,5-6,9-10,13-16H,3-4,7-8H2/t13?,14-,15+/m1/s1. The number of hydrogen-bond donors (Lipinski definition) is 1. The summed E-state index contributed by atoms with van der Waals surface area (Å²) in [5.41, 5.74) is 2.75. The summed E-state index contributed by atoms with van der Waals surface area (Å²) in [7, 11) is 0. The number of benzene rings is 1. The van der Waals surface area contributed by atoms with Crippen molar-refractivity contribution < 1.29 is 5.11 Å². The van der Waals surface area contributed by atoms with Gasteiger partial charge in [0.1, 0.15) is 0 Å². The van der Waals surface area contributed by atoms with E-state index in [1.54, 1.807) is 0 Å². The summed E-state index contributed by atoms with van der Waals surface area (Å²) in [4.78, 5) is 0. The van der Waals surface area contributed by atoms with Gasteiger partial charge in [0.15, 0.2) is 0 Å². The lowest BCUT2D eigenvalue weighted by Gasteiger charge is -2.32. The van der Waals surface area contributed by atoms with Gasteiger partial charge < -0.3 is 5.11 Å². The molecule has 0 saturated heterocycles. The molecule has 1 aromatic carbocycles. The molecule has 3 atom stereocenters. The van der Waals surface area contributed by atoms with E-state index in [0.29, 0.717) is 11.8 Å². The van der Waals surface area contributed by atoms with Crippen molar-refractivity contribution in [1.82, 2.24) is 0 Å². The van der Waals surface area contributed by atoms with Gasteiger partial charge in [0.05, 0.1) is 6.10 Å². The Labute approximate surface area is 96.8 Å². The molecule has 1 unspecified atom stereocenters. The van der Waals surface area contributed by atoms with Gasteiger partial charge in [-0.25, -0.2) is 0 Å². The minimum absolute atomic E-state index is 0.102. The second-order valence-electron chi connectivity index (χ2n) is 5.03. The molecule has 1 nitrogen and oxygen atoms in total. The number of hydrogen-bond acceptors (Lipinski definition) is 1. The number of rotatable bonds is 1. The Hall–Kier alpha value is -1.08. The molecule has 1 N–H and O–H groups in total. The van der Waals surface area contributed by atoms with E-state index in [9.17, 15) is 5.11 Å². The van der Waals surface area contributed by atoms with Gasteiger partial charge in [-0.15, -0.1) is 0 Å². The highest BCUT2D eigenvalue weighted by molar-refractivity contribution is 5.62. The quantitative estimate of drug-likeness (QED) is 0.760. The zero-order chi connectivity index (χ0) is 11.0. The molecule has 0 radical (unpaired) electrons. The zero-order valence-corrected chi connectivity index (χ0v) is 9.47. The highest BCUT2D eigenvalue weighted by Crippen LogP contribution is 2.41. The lowest BCUT2D eigenvalue weighted by Crippen LogP contribution is -2.28. The summed E-state index contributed by atoms with van der Waals surface area (Å²) in [6.07, 6.45) is 9.01. The van der Waals surface area contributed by atoms with Crippen LogP contribution in [0.5, 0.6) is 0 Å². The molecule has 1 aromatic rings. The van der Waals surface area contributed by atoms with Gasteiger partial charge in [-0.05, 0) is 29.9 Å². The molecule has 1 fully saturated rings. The summed E-state index contributed by atoms with van der Waals surface area (Å²) < 4.78 is 0. The van der Waals surface area contributed by atoms with Crippen molar-refractivity contribution in [3.8, 4) is 0 Å². The molecule has 1 heteroatoms. The van der Waals surface area contributed by atoms with Crippen molar-refractivity contribution in [2.75, 3.05) is 0 Å². The summed E-state index contributed by atoms with van der Waals surface area (Å²) in [6.45, 7) is 0. The van der Waals surface area contributed by atoms with E-state index in [4.69, 9.17) is 0 Å². The average molecular weight is 214 g/mol. The highest BCUT2D eigenvalue weighted by atomic mass is 16.3. The van der Waals surface area contributed by atoms with E-state index in [0.717, 1.165) is 6.42 Å². The van der Waals surface area contributed by atoms with E-state index in [2.05, 4.69) is 36.4 Å². The van der Waals surface area contributed by atoms with Crippen molar-refractivity contribution in [2.45, 2.75) is 37.7 Å². The molecular weight excluding hydrogens is 196 g/mol. The smallest absolute Gasteiger partial charge is 0.0577 e. The maximum absolute atomic E-state index is 10.1. The largest absolute Gasteiger partial charge is 0.393 e. The van der Waals surface area contributed by atoms with Gasteiger partial charge >= 0.3 is 0 Å². The van der Waals surface area contributed by atoms with Crippen molar-refractivity contribution in [1.29, 1.82) is 0 Å². The molecule has 0 spiro atoms. The number of fused-ring (bicyclic) bond motifs is 1. The Morgan fingerprint density at radius 3 is 2.75 bits per heavy atom. The molecule has 0 bridgehead atoms. The molecular formula is C15H18O. The van der Waals surface area contributed by atoms with Crippen molar-refractivity contribution in [2.24, 2.45) is 5.92 Å². The summed E-state index contributed by atoms with van der Waals surface area (Å²) in [5.74, 6) is 0.889. The molecule has 0 heterocycles. The van der Waals surface area contributed by atoms with Crippen molar-refractivity contribution in [3.05, 3.63) is 41.5 Å². The lowest BCUT2D eigenvalue weighted by atomic mass is 9.76. The first-order valence-electron chi connectivity index (χ1n) is 6.31. The molecule has 2 aliphatic rings. The van der Waals surface area contributed by atoms with Crippen molar-refractivity contribution in [3.63, 3.8) is 0 Å². The fourth-order valence-corrected chi connectivity index (χ4v) is 3.21. The summed E-state index contributed by atoms with van der Waals surface area (Å²) >= 11 is 0. The van der Waals surface area contributed by atoms with Gasteiger partial charge in [0, 0.05) is 5.92 Å². The van der Waals surface area contributed by atoms with Crippen LogP contribution in [0.15, 0.2) is 30.3 Å². The van der Waals surface area contributed by atoms with Crippen LogP contribution < -0.4 is 0 Å². The van der Waals surface area contributed by atoms with Gasteiger partial charge in [-0.3, -0.25) is 0 Å². The Bertz CT molecular complexity index is 408. The molecule has 0 aromatic heterocycles. The number of aliphatic hydroxyl groups excluding tert-OH is 1. The highest BCUT2D eigenvalue weighted by Gasteiger charge is 2.32. The van der Waals surface area contributed by atoms with Crippen LogP contribution in [-0.2, 0) is 0 Å². The fraction of sp³-hybridized carbons (Fsp3) is 0.467. The third-order valence-corrected chi connectivity index (χ3v) is 4.08. The average Bonchev–Trinajstić information content (AvgIpc) is 2.74.